The van der Waals surface area contributed by atoms with Crippen LogP contribution in [-0.2, 0) is 0 Å². The fraction of sp³-hybridized carbons (Fsp3) is 0.316. The van der Waals surface area contributed by atoms with E-state index in [-0.39, 0.29) is 5.91 Å². The average Bonchev–Trinajstić information content (AvgIpc) is 3.33. The van der Waals surface area contributed by atoms with Crippen molar-refractivity contribution in [1.82, 2.24) is 15.3 Å². The summed E-state index contributed by atoms with van der Waals surface area (Å²) in [5.74, 6) is 0.346. The van der Waals surface area contributed by atoms with Crippen LogP contribution in [0.15, 0.2) is 35.8 Å². The molecule has 5 nitrogen and oxygen atoms in total. The largest absolute Gasteiger partial charge is 0.317 e. The van der Waals surface area contributed by atoms with Gasteiger partial charge in [0.05, 0.1) is 0 Å². The predicted molar refractivity (Wildman–Crippen MR) is 107 cm³/mol. The van der Waals surface area contributed by atoms with Gasteiger partial charge in [-0.2, -0.15) is 0 Å². The number of anilines is 1. The van der Waals surface area contributed by atoms with Gasteiger partial charge in [0.1, 0.15) is 10.7 Å². The zero-order chi connectivity index (χ0) is 17.9. The van der Waals surface area contributed by atoms with Crippen molar-refractivity contribution < 1.29 is 4.79 Å². The Morgan fingerprint density at radius 2 is 2.08 bits per heavy atom. The van der Waals surface area contributed by atoms with Crippen molar-refractivity contribution in [2.45, 2.75) is 25.7 Å². The Labute approximate surface area is 160 Å². The topological polar surface area (TPSA) is 66.9 Å². The quantitative estimate of drug-likeness (QED) is 0.704. The highest BCUT2D eigenvalue weighted by atomic mass is 32.1. The van der Waals surface area contributed by atoms with Gasteiger partial charge in [0.2, 0.25) is 0 Å². The number of nitrogens with zero attached hydrogens (tertiary/aromatic N) is 2. The fourth-order valence-electron chi connectivity index (χ4n) is 3.12. The van der Waals surface area contributed by atoms with Crippen LogP contribution in [0.4, 0.5) is 5.13 Å². The summed E-state index contributed by atoms with van der Waals surface area (Å²) >= 11 is 3.06. The number of thiazole rings is 2. The molecule has 1 saturated heterocycles. The number of rotatable bonds is 4. The minimum Gasteiger partial charge on any atom is -0.317 e. The number of nitrogens with one attached hydrogen (secondary N) is 2. The smallest absolute Gasteiger partial charge is 0.276 e. The fourth-order valence-corrected chi connectivity index (χ4v) is 4.99. The van der Waals surface area contributed by atoms with Gasteiger partial charge in [-0.3, -0.25) is 10.1 Å². The molecule has 0 radical (unpaired) electrons. The lowest BCUT2D eigenvalue weighted by molar-refractivity contribution is 0.102. The number of amides is 1. The van der Waals surface area contributed by atoms with Crippen molar-refractivity contribution in [3.05, 3.63) is 52.0 Å². The van der Waals surface area contributed by atoms with Crippen LogP contribution in [-0.4, -0.2) is 29.0 Å². The Bertz CT molecular complexity index is 912. The van der Waals surface area contributed by atoms with Crippen LogP contribution in [0.5, 0.6) is 0 Å². The lowest BCUT2D eigenvalue weighted by Crippen LogP contribution is -2.26. The average molecular weight is 385 g/mol. The second kappa shape index (κ2) is 7.65. The molecule has 2 aromatic heterocycles. The molecule has 0 bridgehead atoms. The summed E-state index contributed by atoms with van der Waals surface area (Å²) in [6.45, 7) is 4.14. The standard InChI is InChI=1S/C19H20N4OS2/c1-12-4-2-3-5-14(12)18-22-15(11-25-18)17(24)23-19-21-10-16(26-19)13-6-8-20-9-7-13/h2-5,10-11,13,20H,6-9H2,1H3,(H,21,23,24). The first-order valence-electron chi connectivity index (χ1n) is 8.70. The van der Waals surface area contributed by atoms with E-state index >= 15 is 0 Å². The molecule has 0 aliphatic carbocycles. The third kappa shape index (κ3) is 3.70. The summed E-state index contributed by atoms with van der Waals surface area (Å²) in [5.41, 5.74) is 2.66. The first-order chi connectivity index (χ1) is 12.7. The van der Waals surface area contributed by atoms with Crippen molar-refractivity contribution in [3.8, 4) is 10.6 Å². The molecule has 0 atom stereocenters. The van der Waals surface area contributed by atoms with Gasteiger partial charge in [0.15, 0.2) is 5.13 Å². The summed E-state index contributed by atoms with van der Waals surface area (Å²) in [5, 5.41) is 9.58. The van der Waals surface area contributed by atoms with Gasteiger partial charge in [-0.25, -0.2) is 9.97 Å². The monoisotopic (exact) mass is 384 g/mol. The molecule has 0 saturated carbocycles. The van der Waals surface area contributed by atoms with Crippen molar-refractivity contribution >= 4 is 33.7 Å². The Hall–Kier alpha value is -2.09. The number of hydrogen-bond donors (Lipinski definition) is 2. The van der Waals surface area contributed by atoms with E-state index in [1.807, 2.05) is 37.4 Å². The van der Waals surface area contributed by atoms with Crippen LogP contribution < -0.4 is 10.6 Å². The zero-order valence-electron chi connectivity index (χ0n) is 14.5. The number of aryl methyl sites for hydroxylation is 1. The highest BCUT2D eigenvalue weighted by Crippen LogP contribution is 2.32. The van der Waals surface area contributed by atoms with Crippen LogP contribution >= 0.6 is 22.7 Å². The van der Waals surface area contributed by atoms with E-state index in [1.54, 1.807) is 16.7 Å². The minimum absolute atomic E-state index is 0.202. The summed E-state index contributed by atoms with van der Waals surface area (Å²) < 4.78 is 0. The third-order valence-electron chi connectivity index (χ3n) is 4.60. The van der Waals surface area contributed by atoms with Gasteiger partial charge in [0.25, 0.3) is 5.91 Å². The van der Waals surface area contributed by atoms with Crippen molar-refractivity contribution in [2.75, 3.05) is 18.4 Å². The van der Waals surface area contributed by atoms with E-state index in [9.17, 15) is 4.79 Å². The number of carbonyl (C=O) groups excluding carboxylic acids is 1. The highest BCUT2D eigenvalue weighted by Gasteiger charge is 2.19. The number of aromatic nitrogens is 2. The van der Waals surface area contributed by atoms with E-state index in [1.165, 1.54) is 16.2 Å². The van der Waals surface area contributed by atoms with Gasteiger partial charge in [-0.05, 0) is 44.3 Å². The maximum absolute atomic E-state index is 12.5. The zero-order valence-corrected chi connectivity index (χ0v) is 16.1. The summed E-state index contributed by atoms with van der Waals surface area (Å²) in [6.07, 6.45) is 4.15. The lowest BCUT2D eigenvalue weighted by Gasteiger charge is -2.20. The second-order valence-electron chi connectivity index (χ2n) is 6.40. The van der Waals surface area contributed by atoms with E-state index in [0.29, 0.717) is 16.7 Å². The number of piperidine rings is 1. The molecule has 26 heavy (non-hydrogen) atoms. The first kappa shape index (κ1) is 17.3. The number of hydrogen-bond acceptors (Lipinski definition) is 6. The Kier molecular flexibility index (Phi) is 5.10. The Morgan fingerprint density at radius 1 is 1.27 bits per heavy atom. The Balaban J connectivity index is 1.46. The van der Waals surface area contributed by atoms with Crippen LogP contribution in [0, 0.1) is 6.92 Å². The van der Waals surface area contributed by atoms with E-state index < -0.39 is 0 Å². The van der Waals surface area contributed by atoms with Gasteiger partial charge in [-0.15, -0.1) is 22.7 Å². The number of benzene rings is 1. The van der Waals surface area contributed by atoms with Crippen LogP contribution in [0.2, 0.25) is 0 Å². The molecule has 1 fully saturated rings. The molecule has 3 heterocycles. The maximum atomic E-state index is 12.5. The normalized spacial score (nSPS) is 15.1. The summed E-state index contributed by atoms with van der Waals surface area (Å²) in [4.78, 5) is 22.7. The van der Waals surface area contributed by atoms with E-state index in [0.717, 1.165) is 42.1 Å². The molecule has 1 aromatic carbocycles. The predicted octanol–water partition coefficient (Wildman–Crippen LogP) is 4.29. The molecular weight excluding hydrogens is 364 g/mol. The van der Waals surface area contributed by atoms with E-state index in [4.69, 9.17) is 0 Å². The molecular formula is C19H20N4OS2. The molecule has 134 valence electrons. The molecule has 1 amide bonds. The van der Waals surface area contributed by atoms with Gasteiger partial charge in [-0.1, -0.05) is 24.3 Å². The second-order valence-corrected chi connectivity index (χ2v) is 8.32. The molecule has 0 spiro atoms. The summed E-state index contributed by atoms with van der Waals surface area (Å²) in [7, 11) is 0. The van der Waals surface area contributed by atoms with Crippen LogP contribution in [0.25, 0.3) is 10.6 Å². The van der Waals surface area contributed by atoms with Crippen LogP contribution in [0.1, 0.15) is 39.7 Å². The molecule has 7 heteroatoms. The molecule has 3 aromatic rings. The highest BCUT2D eigenvalue weighted by molar-refractivity contribution is 7.16. The van der Waals surface area contributed by atoms with Crippen molar-refractivity contribution in [2.24, 2.45) is 0 Å². The van der Waals surface area contributed by atoms with Crippen LogP contribution in [0.3, 0.4) is 0 Å². The Morgan fingerprint density at radius 3 is 2.88 bits per heavy atom. The van der Waals surface area contributed by atoms with Crippen molar-refractivity contribution in [1.29, 1.82) is 0 Å². The number of carbonyl (C=O) groups is 1. The molecule has 0 unspecified atom stereocenters. The first-order valence-corrected chi connectivity index (χ1v) is 10.4. The SMILES string of the molecule is Cc1ccccc1-c1nc(C(=O)Nc2ncc(C3CCNCC3)s2)cs1. The van der Waals surface area contributed by atoms with E-state index in [2.05, 4.69) is 20.6 Å². The van der Waals surface area contributed by atoms with Gasteiger partial charge in [0, 0.05) is 22.0 Å². The van der Waals surface area contributed by atoms with Gasteiger partial charge < -0.3 is 5.32 Å². The minimum atomic E-state index is -0.202. The maximum Gasteiger partial charge on any atom is 0.276 e. The lowest BCUT2D eigenvalue weighted by atomic mass is 9.97. The molecule has 2 N–H and O–H groups in total. The molecule has 4 rings (SSSR count). The third-order valence-corrected chi connectivity index (χ3v) is 6.55. The summed E-state index contributed by atoms with van der Waals surface area (Å²) in [6, 6.07) is 8.07. The molecule has 1 aliphatic heterocycles. The van der Waals surface area contributed by atoms with Crippen molar-refractivity contribution in [3.63, 3.8) is 0 Å². The molecule has 1 aliphatic rings. The van der Waals surface area contributed by atoms with Gasteiger partial charge >= 0.3 is 0 Å².